The van der Waals surface area contributed by atoms with E-state index in [9.17, 15) is 9.18 Å². The number of carboxylic acids is 1. The van der Waals surface area contributed by atoms with Crippen molar-refractivity contribution in [2.45, 2.75) is 20.1 Å². The Kier molecular flexibility index (Phi) is 7.53. The highest BCUT2D eigenvalue weighted by Crippen LogP contribution is 2.26. The Morgan fingerprint density at radius 3 is 2.17 bits per heavy atom. The number of hydrogen-bond acceptors (Lipinski definition) is 4. The second-order valence-corrected chi connectivity index (χ2v) is 7.94. The van der Waals surface area contributed by atoms with Gasteiger partial charge in [-0.1, -0.05) is 48.5 Å². The zero-order valence-corrected chi connectivity index (χ0v) is 19.1. The molecule has 35 heavy (non-hydrogen) atoms. The average molecular weight is 470 g/mol. The van der Waals surface area contributed by atoms with Gasteiger partial charge in [0.25, 0.3) is 0 Å². The number of ether oxygens (including phenoxy) is 2. The van der Waals surface area contributed by atoms with Gasteiger partial charge in [0, 0.05) is 17.8 Å². The topological polar surface area (TPSA) is 68.7 Å². The third kappa shape index (κ3) is 6.54. The van der Waals surface area contributed by atoms with E-state index in [1.54, 1.807) is 36.4 Å². The van der Waals surface area contributed by atoms with Crippen LogP contribution in [0.3, 0.4) is 0 Å². The van der Waals surface area contributed by atoms with Crippen molar-refractivity contribution in [3.05, 3.63) is 124 Å². The zero-order valence-electron chi connectivity index (χ0n) is 19.1. The predicted octanol–water partition coefficient (Wildman–Crippen LogP) is 6.56. The second-order valence-electron chi connectivity index (χ2n) is 7.94. The summed E-state index contributed by atoms with van der Waals surface area (Å²) in [6.07, 6.45) is 4.92. The fraction of sp³-hybridized carbons (Fsp3) is 0.103. The van der Waals surface area contributed by atoms with E-state index in [2.05, 4.69) is 4.98 Å². The third-order valence-corrected chi connectivity index (χ3v) is 5.39. The fourth-order valence-corrected chi connectivity index (χ4v) is 3.38. The highest BCUT2D eigenvalue weighted by atomic mass is 19.1. The molecule has 0 radical (unpaired) electrons. The van der Waals surface area contributed by atoms with Crippen molar-refractivity contribution >= 4 is 18.1 Å². The van der Waals surface area contributed by atoms with Crippen LogP contribution in [-0.2, 0) is 13.2 Å². The molecule has 6 heteroatoms. The molecule has 176 valence electrons. The van der Waals surface area contributed by atoms with Crippen LogP contribution < -0.4 is 9.47 Å². The standard InChI is InChI=1S/C29H24FNO4/c1-20-6-2-3-7-23(20)18-34-26-14-21(10-12-25-13-11-22(17-31-25)29(32)33)15-27(16-26)35-19-24-8-4-5-9-28(24)30/h2-17H,18-19H2,1H3,(H,32,33)/b12-10+. The molecule has 0 unspecified atom stereocenters. The Bertz CT molecular complexity index is 1280. The summed E-state index contributed by atoms with van der Waals surface area (Å²) in [5.74, 6) is -0.212. The van der Waals surface area contributed by atoms with Gasteiger partial charge in [-0.15, -0.1) is 0 Å². The van der Waals surface area contributed by atoms with Crippen LogP contribution in [0, 0.1) is 12.7 Å². The summed E-state index contributed by atoms with van der Waals surface area (Å²) < 4.78 is 26.0. The summed E-state index contributed by atoms with van der Waals surface area (Å²) >= 11 is 0. The Morgan fingerprint density at radius 2 is 1.54 bits per heavy atom. The van der Waals surface area contributed by atoms with Gasteiger partial charge in [-0.2, -0.15) is 0 Å². The monoisotopic (exact) mass is 469 g/mol. The van der Waals surface area contributed by atoms with Crippen LogP contribution in [0.4, 0.5) is 4.39 Å². The van der Waals surface area contributed by atoms with E-state index in [-0.39, 0.29) is 18.0 Å². The molecule has 1 N–H and O–H groups in total. The summed E-state index contributed by atoms with van der Waals surface area (Å²) in [6, 6.07) is 23.1. The maximum absolute atomic E-state index is 14.0. The highest BCUT2D eigenvalue weighted by molar-refractivity contribution is 5.87. The Hall–Kier alpha value is -4.45. The molecule has 0 atom stereocenters. The van der Waals surface area contributed by atoms with Crippen LogP contribution in [0.25, 0.3) is 12.2 Å². The maximum atomic E-state index is 14.0. The van der Waals surface area contributed by atoms with E-state index in [0.717, 1.165) is 16.7 Å². The van der Waals surface area contributed by atoms with Crippen molar-refractivity contribution in [3.8, 4) is 11.5 Å². The average Bonchev–Trinajstić information content (AvgIpc) is 2.87. The number of carboxylic acid groups (broad SMARTS) is 1. The second kappa shape index (κ2) is 11.1. The van der Waals surface area contributed by atoms with Gasteiger partial charge in [-0.05, 0) is 60.0 Å². The van der Waals surface area contributed by atoms with Crippen molar-refractivity contribution < 1.29 is 23.8 Å². The lowest BCUT2D eigenvalue weighted by Crippen LogP contribution is -2.01. The minimum Gasteiger partial charge on any atom is -0.489 e. The molecule has 0 saturated heterocycles. The minimum atomic E-state index is -1.02. The predicted molar refractivity (Wildman–Crippen MR) is 133 cm³/mol. The summed E-state index contributed by atoms with van der Waals surface area (Å²) in [5.41, 5.74) is 4.19. The number of carbonyl (C=O) groups is 1. The number of aryl methyl sites for hydroxylation is 1. The van der Waals surface area contributed by atoms with Crippen LogP contribution in [0.2, 0.25) is 0 Å². The number of aromatic carboxylic acids is 1. The van der Waals surface area contributed by atoms with E-state index >= 15 is 0 Å². The van der Waals surface area contributed by atoms with Gasteiger partial charge < -0.3 is 14.6 Å². The number of pyridine rings is 1. The third-order valence-electron chi connectivity index (χ3n) is 5.39. The lowest BCUT2D eigenvalue weighted by atomic mass is 10.1. The number of benzene rings is 3. The Balaban J connectivity index is 1.56. The van der Waals surface area contributed by atoms with E-state index in [1.807, 2.05) is 49.4 Å². The highest BCUT2D eigenvalue weighted by Gasteiger charge is 2.07. The molecular weight excluding hydrogens is 445 g/mol. The number of halogens is 1. The number of rotatable bonds is 9. The SMILES string of the molecule is Cc1ccccc1COc1cc(/C=C/c2ccc(C(=O)O)cn2)cc(OCc2ccccc2F)c1. The normalized spacial score (nSPS) is 10.9. The summed E-state index contributed by atoms with van der Waals surface area (Å²) in [4.78, 5) is 15.2. The first-order valence-electron chi connectivity index (χ1n) is 11.0. The Labute approximate surface area is 203 Å². The van der Waals surface area contributed by atoms with Gasteiger partial charge in [-0.3, -0.25) is 4.98 Å². The van der Waals surface area contributed by atoms with Crippen LogP contribution in [0.5, 0.6) is 11.5 Å². The quantitative estimate of drug-likeness (QED) is 0.301. The number of aromatic nitrogens is 1. The van der Waals surface area contributed by atoms with Crippen LogP contribution in [-0.4, -0.2) is 16.1 Å². The molecular formula is C29H24FNO4. The van der Waals surface area contributed by atoms with Crippen molar-refractivity contribution in [1.82, 2.24) is 4.98 Å². The van der Waals surface area contributed by atoms with E-state index in [4.69, 9.17) is 14.6 Å². The van der Waals surface area contributed by atoms with Crippen molar-refractivity contribution in [3.63, 3.8) is 0 Å². The fourth-order valence-electron chi connectivity index (χ4n) is 3.38. The number of nitrogens with zero attached hydrogens (tertiary/aromatic N) is 1. The zero-order chi connectivity index (χ0) is 24.6. The molecule has 0 fully saturated rings. The first kappa shape index (κ1) is 23.7. The molecule has 5 nitrogen and oxygen atoms in total. The smallest absolute Gasteiger partial charge is 0.337 e. The van der Waals surface area contributed by atoms with Crippen LogP contribution in [0.1, 0.15) is 38.3 Å². The summed E-state index contributed by atoms with van der Waals surface area (Å²) in [5, 5.41) is 9.04. The van der Waals surface area contributed by atoms with E-state index < -0.39 is 5.97 Å². The van der Waals surface area contributed by atoms with Gasteiger partial charge in [0.15, 0.2) is 0 Å². The minimum absolute atomic E-state index is 0.0787. The molecule has 1 aromatic heterocycles. The van der Waals surface area contributed by atoms with Gasteiger partial charge in [0.2, 0.25) is 0 Å². The molecule has 0 saturated carbocycles. The van der Waals surface area contributed by atoms with Crippen LogP contribution in [0.15, 0.2) is 85.1 Å². The molecule has 0 aliphatic rings. The van der Waals surface area contributed by atoms with Gasteiger partial charge in [0.05, 0.1) is 11.3 Å². The molecule has 3 aromatic carbocycles. The lowest BCUT2D eigenvalue weighted by molar-refractivity contribution is 0.0696. The molecule has 4 aromatic rings. The van der Waals surface area contributed by atoms with E-state index in [1.165, 1.54) is 18.3 Å². The summed E-state index contributed by atoms with van der Waals surface area (Å²) in [6.45, 7) is 2.50. The Morgan fingerprint density at radius 1 is 0.886 bits per heavy atom. The van der Waals surface area contributed by atoms with Crippen molar-refractivity contribution in [1.29, 1.82) is 0 Å². The van der Waals surface area contributed by atoms with Gasteiger partial charge in [-0.25, -0.2) is 9.18 Å². The molecule has 0 aliphatic heterocycles. The van der Waals surface area contributed by atoms with Crippen molar-refractivity contribution in [2.24, 2.45) is 0 Å². The van der Waals surface area contributed by atoms with E-state index in [0.29, 0.717) is 29.4 Å². The molecule has 0 spiro atoms. The molecule has 1 heterocycles. The largest absolute Gasteiger partial charge is 0.489 e. The number of hydrogen-bond donors (Lipinski definition) is 1. The molecule has 0 amide bonds. The lowest BCUT2D eigenvalue weighted by Gasteiger charge is -2.13. The summed E-state index contributed by atoms with van der Waals surface area (Å²) in [7, 11) is 0. The molecule has 0 bridgehead atoms. The molecule has 0 aliphatic carbocycles. The maximum Gasteiger partial charge on any atom is 0.337 e. The van der Waals surface area contributed by atoms with Crippen molar-refractivity contribution in [2.75, 3.05) is 0 Å². The first-order valence-corrected chi connectivity index (χ1v) is 11.0. The van der Waals surface area contributed by atoms with Gasteiger partial charge >= 0.3 is 5.97 Å². The first-order chi connectivity index (χ1) is 17.0. The van der Waals surface area contributed by atoms with Gasteiger partial charge in [0.1, 0.15) is 30.5 Å². The molecule has 4 rings (SSSR count). The van der Waals surface area contributed by atoms with Crippen LogP contribution >= 0.6 is 0 Å².